The standard InChI is InChI=1S/C9H15O3/c10-9(11)12-7-6-8-4-2-1-3-5-8/h8H,1-7H2. The Morgan fingerprint density at radius 1 is 1.25 bits per heavy atom. The highest BCUT2D eigenvalue weighted by molar-refractivity contribution is 5.56. The molecular formula is C9H15O3. The van der Waals surface area contributed by atoms with Crippen LogP contribution in [-0.4, -0.2) is 12.8 Å². The summed E-state index contributed by atoms with van der Waals surface area (Å²) in [5.74, 6) is 0.679. The second-order valence-corrected chi connectivity index (χ2v) is 3.39. The van der Waals surface area contributed by atoms with Crippen LogP contribution in [0, 0.1) is 5.92 Å². The van der Waals surface area contributed by atoms with Crippen LogP contribution in [0.4, 0.5) is 4.79 Å². The van der Waals surface area contributed by atoms with E-state index in [1.165, 1.54) is 32.1 Å². The van der Waals surface area contributed by atoms with Gasteiger partial charge in [-0.3, -0.25) is 0 Å². The van der Waals surface area contributed by atoms with Gasteiger partial charge in [0.1, 0.15) is 0 Å². The van der Waals surface area contributed by atoms with E-state index in [1.54, 1.807) is 0 Å². The number of rotatable bonds is 3. The summed E-state index contributed by atoms with van der Waals surface area (Å²) < 4.78 is 4.35. The number of hydrogen-bond donors (Lipinski definition) is 0. The molecule has 69 valence electrons. The van der Waals surface area contributed by atoms with Gasteiger partial charge in [0.2, 0.25) is 0 Å². The van der Waals surface area contributed by atoms with E-state index < -0.39 is 6.16 Å². The smallest absolute Gasteiger partial charge is 0.432 e. The van der Waals surface area contributed by atoms with Gasteiger partial charge < -0.3 is 4.74 Å². The summed E-state index contributed by atoms with van der Waals surface area (Å²) in [5, 5.41) is 9.91. The molecule has 0 heterocycles. The molecular weight excluding hydrogens is 156 g/mol. The van der Waals surface area contributed by atoms with E-state index in [9.17, 15) is 9.90 Å². The second-order valence-electron chi connectivity index (χ2n) is 3.39. The van der Waals surface area contributed by atoms with Crippen molar-refractivity contribution in [3.05, 3.63) is 0 Å². The average molecular weight is 171 g/mol. The van der Waals surface area contributed by atoms with Crippen molar-refractivity contribution < 1.29 is 14.6 Å². The van der Waals surface area contributed by atoms with Gasteiger partial charge in [-0.1, -0.05) is 32.1 Å². The molecule has 3 heteroatoms. The van der Waals surface area contributed by atoms with Crippen molar-refractivity contribution in [1.29, 1.82) is 0 Å². The van der Waals surface area contributed by atoms with Crippen LogP contribution in [0.15, 0.2) is 0 Å². The van der Waals surface area contributed by atoms with Crippen molar-refractivity contribution in [1.82, 2.24) is 0 Å². The molecule has 1 radical (unpaired) electrons. The fraction of sp³-hybridized carbons (Fsp3) is 0.889. The molecule has 0 spiro atoms. The molecule has 3 nitrogen and oxygen atoms in total. The van der Waals surface area contributed by atoms with Crippen molar-refractivity contribution in [2.45, 2.75) is 38.5 Å². The predicted molar refractivity (Wildman–Crippen MR) is 43.2 cm³/mol. The van der Waals surface area contributed by atoms with Crippen LogP contribution in [0.5, 0.6) is 0 Å². The van der Waals surface area contributed by atoms with Crippen LogP contribution in [0.3, 0.4) is 0 Å². The molecule has 0 saturated heterocycles. The van der Waals surface area contributed by atoms with E-state index in [4.69, 9.17) is 0 Å². The molecule has 0 atom stereocenters. The minimum atomic E-state index is -1.40. The van der Waals surface area contributed by atoms with Gasteiger partial charge in [0.25, 0.3) is 0 Å². The number of carbonyl (C=O) groups is 1. The third kappa shape index (κ3) is 3.60. The third-order valence-corrected chi connectivity index (χ3v) is 2.47. The zero-order valence-corrected chi connectivity index (χ0v) is 7.25. The molecule has 1 rings (SSSR count). The van der Waals surface area contributed by atoms with Crippen LogP contribution < -0.4 is 0 Å². The number of carbonyl (C=O) groups excluding carboxylic acids is 1. The Morgan fingerprint density at radius 2 is 1.92 bits per heavy atom. The van der Waals surface area contributed by atoms with E-state index in [0.717, 1.165) is 6.42 Å². The van der Waals surface area contributed by atoms with Crippen molar-refractivity contribution in [3.63, 3.8) is 0 Å². The summed E-state index contributed by atoms with van der Waals surface area (Å²) in [6.45, 7) is 0.312. The first kappa shape index (κ1) is 9.36. The maximum atomic E-state index is 9.91. The van der Waals surface area contributed by atoms with E-state index in [2.05, 4.69) is 4.74 Å². The zero-order valence-electron chi connectivity index (χ0n) is 7.25. The maximum Gasteiger partial charge on any atom is 0.549 e. The molecule has 1 aliphatic carbocycles. The topological polar surface area (TPSA) is 46.2 Å². The Hall–Kier alpha value is -0.730. The van der Waals surface area contributed by atoms with Crippen molar-refractivity contribution in [2.24, 2.45) is 5.92 Å². The molecule has 0 aromatic heterocycles. The van der Waals surface area contributed by atoms with Crippen LogP contribution in [0.1, 0.15) is 38.5 Å². The summed E-state index contributed by atoms with van der Waals surface area (Å²) in [4.78, 5) is 9.91. The summed E-state index contributed by atoms with van der Waals surface area (Å²) in [5.41, 5.74) is 0. The van der Waals surface area contributed by atoms with Gasteiger partial charge in [0.05, 0.1) is 6.61 Å². The largest absolute Gasteiger partial charge is 0.549 e. The first-order valence-corrected chi connectivity index (χ1v) is 4.63. The van der Waals surface area contributed by atoms with Crippen LogP contribution >= 0.6 is 0 Å². The van der Waals surface area contributed by atoms with Gasteiger partial charge in [-0.15, -0.1) is 0 Å². The first-order chi connectivity index (χ1) is 5.79. The second kappa shape index (κ2) is 5.01. The SMILES string of the molecule is [O]C(=O)OCCC1CCCCC1. The third-order valence-electron chi connectivity index (χ3n) is 2.47. The lowest BCUT2D eigenvalue weighted by Crippen LogP contribution is -2.10. The highest BCUT2D eigenvalue weighted by Gasteiger charge is 2.13. The van der Waals surface area contributed by atoms with Crippen LogP contribution in [-0.2, 0) is 9.84 Å². The molecule has 0 bridgehead atoms. The van der Waals surface area contributed by atoms with E-state index in [0.29, 0.717) is 12.5 Å². The van der Waals surface area contributed by atoms with Gasteiger partial charge in [-0.25, -0.2) is 0 Å². The molecule has 0 aromatic rings. The van der Waals surface area contributed by atoms with Gasteiger partial charge >= 0.3 is 6.16 Å². The van der Waals surface area contributed by atoms with Gasteiger partial charge in [-0.05, 0) is 12.3 Å². The number of hydrogen-bond acceptors (Lipinski definition) is 2. The van der Waals surface area contributed by atoms with Crippen molar-refractivity contribution in [3.8, 4) is 0 Å². The lowest BCUT2D eigenvalue weighted by atomic mass is 9.87. The Morgan fingerprint density at radius 3 is 2.50 bits per heavy atom. The summed E-state index contributed by atoms with van der Waals surface area (Å²) in [6, 6.07) is 0. The highest BCUT2D eigenvalue weighted by atomic mass is 16.7. The molecule has 0 aromatic carbocycles. The first-order valence-electron chi connectivity index (χ1n) is 4.63. The molecule has 0 unspecified atom stereocenters. The summed E-state index contributed by atoms with van der Waals surface area (Å²) in [6.07, 6.45) is 5.84. The Labute approximate surface area is 72.7 Å². The lowest BCUT2D eigenvalue weighted by molar-refractivity contribution is 0.0617. The predicted octanol–water partition coefficient (Wildman–Crippen LogP) is 2.52. The van der Waals surface area contributed by atoms with Crippen molar-refractivity contribution in [2.75, 3.05) is 6.61 Å². The minimum Gasteiger partial charge on any atom is -0.432 e. The monoisotopic (exact) mass is 171 g/mol. The van der Waals surface area contributed by atoms with Gasteiger partial charge in [0, 0.05) is 0 Å². The summed E-state index contributed by atoms with van der Waals surface area (Å²) in [7, 11) is 0. The molecule has 1 aliphatic rings. The lowest BCUT2D eigenvalue weighted by Gasteiger charge is -2.20. The van der Waals surface area contributed by atoms with Crippen LogP contribution in [0.2, 0.25) is 0 Å². The molecule has 0 amide bonds. The Kier molecular flexibility index (Phi) is 3.91. The Balaban J connectivity index is 2.01. The van der Waals surface area contributed by atoms with Crippen LogP contribution in [0.25, 0.3) is 0 Å². The Bertz CT molecular complexity index is 139. The molecule has 1 fully saturated rings. The molecule has 0 N–H and O–H groups in total. The van der Waals surface area contributed by atoms with Gasteiger partial charge in [-0.2, -0.15) is 9.90 Å². The highest BCUT2D eigenvalue weighted by Crippen LogP contribution is 2.25. The maximum absolute atomic E-state index is 9.91. The number of ether oxygens (including phenoxy) is 1. The van der Waals surface area contributed by atoms with E-state index in [1.807, 2.05) is 0 Å². The quantitative estimate of drug-likeness (QED) is 0.612. The van der Waals surface area contributed by atoms with Crippen molar-refractivity contribution >= 4 is 6.16 Å². The fourth-order valence-electron chi connectivity index (χ4n) is 1.78. The average Bonchev–Trinajstić information content (AvgIpc) is 2.05. The minimum absolute atomic E-state index is 0.312. The molecule has 1 saturated carbocycles. The molecule has 12 heavy (non-hydrogen) atoms. The summed E-state index contributed by atoms with van der Waals surface area (Å²) >= 11 is 0. The normalized spacial score (nSPS) is 19.0. The van der Waals surface area contributed by atoms with E-state index in [-0.39, 0.29) is 0 Å². The zero-order chi connectivity index (χ0) is 8.81. The van der Waals surface area contributed by atoms with E-state index >= 15 is 0 Å². The molecule has 0 aliphatic heterocycles. The fourth-order valence-corrected chi connectivity index (χ4v) is 1.78. The van der Waals surface area contributed by atoms with Gasteiger partial charge in [0.15, 0.2) is 0 Å².